The summed E-state index contributed by atoms with van der Waals surface area (Å²) in [7, 11) is 1.69. The van der Waals surface area contributed by atoms with E-state index in [1.165, 1.54) is 12.1 Å². The molecule has 2 aromatic carbocycles. The molecule has 1 aromatic heterocycles. The van der Waals surface area contributed by atoms with Crippen molar-refractivity contribution >= 4 is 5.91 Å². The van der Waals surface area contributed by atoms with Crippen molar-refractivity contribution in [1.29, 1.82) is 0 Å². The van der Waals surface area contributed by atoms with Crippen LogP contribution in [-0.4, -0.2) is 47.4 Å². The molecule has 1 amide bonds. The molecule has 0 fully saturated rings. The number of nitrogens with one attached hydrogen (secondary N) is 1. The summed E-state index contributed by atoms with van der Waals surface area (Å²) in [6.07, 6.45) is -3.01. The van der Waals surface area contributed by atoms with Crippen molar-refractivity contribution < 1.29 is 27.1 Å². The number of aromatic nitrogens is 2. The van der Waals surface area contributed by atoms with Crippen molar-refractivity contribution in [2.24, 2.45) is 0 Å². The Morgan fingerprint density at radius 1 is 1.12 bits per heavy atom. The molecule has 3 rings (SSSR count). The lowest BCUT2D eigenvalue weighted by atomic mass is 10.1. The highest BCUT2D eigenvalue weighted by molar-refractivity contribution is 5.94. The van der Waals surface area contributed by atoms with Crippen LogP contribution in [0.25, 0.3) is 11.3 Å². The summed E-state index contributed by atoms with van der Waals surface area (Å²) in [5, 5.41) is 7.14. The fraction of sp³-hybridized carbons (Fsp3) is 0.304. The predicted molar refractivity (Wildman–Crippen MR) is 111 cm³/mol. The Kier molecular flexibility index (Phi) is 7.63. The van der Waals surface area contributed by atoms with Gasteiger partial charge in [-0.15, -0.1) is 0 Å². The molecule has 0 saturated carbocycles. The van der Waals surface area contributed by atoms with E-state index < -0.39 is 12.8 Å². The zero-order valence-corrected chi connectivity index (χ0v) is 17.5. The Morgan fingerprint density at radius 3 is 2.56 bits per heavy atom. The van der Waals surface area contributed by atoms with E-state index in [2.05, 4.69) is 14.9 Å². The molecule has 0 saturated heterocycles. The second kappa shape index (κ2) is 10.4. The van der Waals surface area contributed by atoms with Crippen molar-refractivity contribution in [1.82, 2.24) is 15.1 Å². The molecule has 5 nitrogen and oxygen atoms in total. The third-order valence-electron chi connectivity index (χ3n) is 4.77. The number of H-pyrrole nitrogens is 1. The van der Waals surface area contributed by atoms with E-state index in [0.29, 0.717) is 41.8 Å². The van der Waals surface area contributed by atoms with Gasteiger partial charge in [0, 0.05) is 30.4 Å². The summed E-state index contributed by atoms with van der Waals surface area (Å²) in [5.74, 6) is -0.508. The molecule has 0 spiro atoms. The molecule has 32 heavy (non-hydrogen) atoms. The number of halogens is 4. The van der Waals surface area contributed by atoms with Crippen LogP contribution < -0.4 is 0 Å². The normalized spacial score (nSPS) is 11.5. The fourth-order valence-electron chi connectivity index (χ4n) is 3.14. The van der Waals surface area contributed by atoms with E-state index in [-0.39, 0.29) is 18.3 Å². The number of carbonyl (C=O) groups excluding carboxylic acids is 1. The maximum absolute atomic E-state index is 13.4. The van der Waals surface area contributed by atoms with Gasteiger partial charge in [0.15, 0.2) is 0 Å². The zero-order chi connectivity index (χ0) is 23.1. The molecule has 0 aliphatic heterocycles. The van der Waals surface area contributed by atoms with Crippen LogP contribution in [0, 0.1) is 5.82 Å². The number of aromatic amines is 1. The summed E-state index contributed by atoms with van der Waals surface area (Å²) < 4.78 is 54.4. The van der Waals surface area contributed by atoms with Gasteiger partial charge in [-0.2, -0.15) is 18.3 Å². The van der Waals surface area contributed by atoms with E-state index in [0.717, 1.165) is 5.69 Å². The van der Waals surface area contributed by atoms with Crippen LogP contribution in [0.1, 0.15) is 28.0 Å². The number of hydrogen-bond donors (Lipinski definition) is 1. The standard InChI is InChI=1S/C23H23F4N3O2/c1-30(22(31)17-9-7-16(8-10-17)14-32-15-23(25,26)27)11-3-6-20-13-21(29-28-20)18-4-2-5-19(24)12-18/h2,4-5,7-10,12-13H,3,6,11,14-15H2,1H3,(H,28,29). The Morgan fingerprint density at radius 2 is 1.88 bits per heavy atom. The van der Waals surface area contributed by atoms with Crippen LogP contribution in [-0.2, 0) is 17.8 Å². The molecule has 1 heterocycles. The van der Waals surface area contributed by atoms with Gasteiger partial charge in [0.25, 0.3) is 5.91 Å². The van der Waals surface area contributed by atoms with E-state index in [4.69, 9.17) is 0 Å². The van der Waals surface area contributed by atoms with Gasteiger partial charge in [0.05, 0.1) is 12.3 Å². The average Bonchev–Trinajstić information content (AvgIpc) is 3.22. The average molecular weight is 449 g/mol. The molecular weight excluding hydrogens is 426 g/mol. The fourth-order valence-corrected chi connectivity index (χ4v) is 3.14. The van der Waals surface area contributed by atoms with Gasteiger partial charge >= 0.3 is 6.18 Å². The number of benzene rings is 2. The third-order valence-corrected chi connectivity index (χ3v) is 4.77. The summed E-state index contributed by atoms with van der Waals surface area (Å²) in [6.45, 7) is -0.980. The summed E-state index contributed by atoms with van der Waals surface area (Å²) in [5.41, 5.74) is 3.23. The lowest BCUT2D eigenvalue weighted by Gasteiger charge is -2.17. The molecule has 0 unspecified atom stereocenters. The molecule has 0 radical (unpaired) electrons. The topological polar surface area (TPSA) is 58.2 Å². The number of carbonyl (C=O) groups is 1. The van der Waals surface area contributed by atoms with Gasteiger partial charge in [0.1, 0.15) is 12.4 Å². The van der Waals surface area contributed by atoms with Crippen molar-refractivity contribution in [3.8, 4) is 11.3 Å². The lowest BCUT2D eigenvalue weighted by molar-refractivity contribution is -0.176. The van der Waals surface area contributed by atoms with Crippen molar-refractivity contribution in [3.05, 3.63) is 77.2 Å². The minimum Gasteiger partial charge on any atom is -0.367 e. The smallest absolute Gasteiger partial charge is 0.367 e. The quantitative estimate of drug-likeness (QED) is 0.468. The van der Waals surface area contributed by atoms with Gasteiger partial charge in [-0.3, -0.25) is 9.89 Å². The number of rotatable bonds is 9. The number of ether oxygens (including phenoxy) is 1. The Labute approximate surface area is 183 Å². The minimum absolute atomic E-state index is 0.175. The van der Waals surface area contributed by atoms with Crippen LogP contribution in [0.15, 0.2) is 54.6 Å². The van der Waals surface area contributed by atoms with Gasteiger partial charge in [-0.05, 0) is 48.7 Å². The molecule has 0 atom stereocenters. The van der Waals surface area contributed by atoms with Crippen LogP contribution in [0.5, 0.6) is 0 Å². The zero-order valence-electron chi connectivity index (χ0n) is 17.5. The Hall–Kier alpha value is -3.20. The largest absolute Gasteiger partial charge is 0.411 e. The van der Waals surface area contributed by atoms with Gasteiger partial charge < -0.3 is 9.64 Å². The van der Waals surface area contributed by atoms with Gasteiger partial charge in [-0.1, -0.05) is 24.3 Å². The first-order chi connectivity index (χ1) is 15.2. The predicted octanol–water partition coefficient (Wildman–Crippen LogP) is 5.00. The second-order valence-electron chi connectivity index (χ2n) is 7.42. The van der Waals surface area contributed by atoms with Crippen molar-refractivity contribution in [2.75, 3.05) is 20.2 Å². The Bertz CT molecular complexity index is 1030. The molecular formula is C23H23F4N3O2. The highest BCUT2D eigenvalue weighted by Crippen LogP contribution is 2.19. The SMILES string of the molecule is CN(CCCc1cc(-c2cccc(F)c2)n[nH]1)C(=O)c1ccc(COCC(F)(F)F)cc1. The van der Waals surface area contributed by atoms with E-state index in [9.17, 15) is 22.4 Å². The summed E-state index contributed by atoms with van der Waals surface area (Å²) in [6, 6.07) is 14.4. The van der Waals surface area contributed by atoms with Crippen LogP contribution in [0.3, 0.4) is 0 Å². The molecule has 0 bridgehead atoms. The van der Waals surface area contributed by atoms with Crippen molar-refractivity contribution in [2.45, 2.75) is 25.6 Å². The van der Waals surface area contributed by atoms with Gasteiger partial charge in [-0.25, -0.2) is 4.39 Å². The first kappa shape index (κ1) is 23.5. The number of hydrogen-bond acceptors (Lipinski definition) is 3. The maximum atomic E-state index is 13.4. The monoisotopic (exact) mass is 449 g/mol. The lowest BCUT2D eigenvalue weighted by Crippen LogP contribution is -2.28. The summed E-state index contributed by atoms with van der Waals surface area (Å²) >= 11 is 0. The molecule has 1 N–H and O–H groups in total. The summed E-state index contributed by atoms with van der Waals surface area (Å²) in [4.78, 5) is 14.1. The molecule has 0 aliphatic carbocycles. The highest BCUT2D eigenvalue weighted by Gasteiger charge is 2.27. The van der Waals surface area contributed by atoms with E-state index in [1.807, 2.05) is 6.07 Å². The van der Waals surface area contributed by atoms with E-state index >= 15 is 0 Å². The maximum Gasteiger partial charge on any atom is 0.411 e. The number of aryl methyl sites for hydroxylation is 1. The number of amides is 1. The van der Waals surface area contributed by atoms with Crippen LogP contribution >= 0.6 is 0 Å². The van der Waals surface area contributed by atoms with E-state index in [1.54, 1.807) is 48.3 Å². The molecule has 0 aliphatic rings. The molecule has 170 valence electrons. The molecule has 9 heteroatoms. The number of nitrogens with zero attached hydrogens (tertiary/aromatic N) is 2. The van der Waals surface area contributed by atoms with Crippen LogP contribution in [0.2, 0.25) is 0 Å². The Balaban J connectivity index is 1.46. The molecule has 3 aromatic rings. The third kappa shape index (κ3) is 6.91. The first-order valence-electron chi connectivity index (χ1n) is 10.0. The van der Waals surface area contributed by atoms with Crippen LogP contribution in [0.4, 0.5) is 17.6 Å². The minimum atomic E-state index is -4.37. The van der Waals surface area contributed by atoms with Gasteiger partial charge in [0.2, 0.25) is 0 Å². The second-order valence-corrected chi connectivity index (χ2v) is 7.42. The number of alkyl halides is 3. The highest BCUT2D eigenvalue weighted by atomic mass is 19.4. The first-order valence-corrected chi connectivity index (χ1v) is 10.0. The van der Waals surface area contributed by atoms with Crippen molar-refractivity contribution in [3.63, 3.8) is 0 Å².